The summed E-state index contributed by atoms with van der Waals surface area (Å²) in [5, 5.41) is 10.8. The largest absolute Gasteiger partial charge is 0.312 e. The fourth-order valence-corrected chi connectivity index (χ4v) is 3.04. The van der Waals surface area contributed by atoms with Crippen LogP contribution in [0.25, 0.3) is 11.4 Å². The van der Waals surface area contributed by atoms with Gasteiger partial charge in [-0.25, -0.2) is 4.98 Å². The molecule has 94 valence electrons. The number of nitrogens with one attached hydrogen (secondary N) is 2. The van der Waals surface area contributed by atoms with Crippen molar-refractivity contribution in [3.8, 4) is 11.4 Å². The fourth-order valence-electron chi connectivity index (χ4n) is 2.09. The van der Waals surface area contributed by atoms with Crippen LogP contribution in [0.15, 0.2) is 30.3 Å². The van der Waals surface area contributed by atoms with Gasteiger partial charge in [-0.1, -0.05) is 30.3 Å². The van der Waals surface area contributed by atoms with Gasteiger partial charge < -0.3 is 5.32 Å². The van der Waals surface area contributed by atoms with Crippen molar-refractivity contribution >= 4 is 11.8 Å². The highest BCUT2D eigenvalue weighted by Crippen LogP contribution is 2.15. The molecule has 0 saturated carbocycles. The van der Waals surface area contributed by atoms with Crippen molar-refractivity contribution in [2.45, 2.75) is 12.5 Å². The Kier molecular flexibility index (Phi) is 3.61. The molecule has 5 heteroatoms. The highest BCUT2D eigenvalue weighted by Gasteiger charge is 2.15. The minimum absolute atomic E-state index is 0.514. The maximum atomic E-state index is 4.56. The first-order chi connectivity index (χ1) is 8.92. The van der Waals surface area contributed by atoms with Crippen LogP contribution in [0.4, 0.5) is 0 Å². The van der Waals surface area contributed by atoms with E-state index in [1.807, 2.05) is 42.1 Å². The van der Waals surface area contributed by atoms with E-state index in [1.165, 1.54) is 5.75 Å². The average molecular weight is 260 g/mol. The minimum Gasteiger partial charge on any atom is -0.312 e. The van der Waals surface area contributed by atoms with Gasteiger partial charge in [0, 0.05) is 36.1 Å². The molecule has 2 N–H and O–H groups in total. The number of hydrogen-bond acceptors (Lipinski definition) is 4. The van der Waals surface area contributed by atoms with Gasteiger partial charge in [0.05, 0.1) is 0 Å². The lowest BCUT2D eigenvalue weighted by Crippen LogP contribution is -2.39. The highest BCUT2D eigenvalue weighted by molar-refractivity contribution is 7.99. The zero-order chi connectivity index (χ0) is 12.2. The Labute approximate surface area is 111 Å². The molecule has 2 heterocycles. The molecule has 1 aliphatic rings. The topological polar surface area (TPSA) is 53.6 Å². The number of thioether (sulfide) groups is 1. The SMILES string of the molecule is c1ccc(-c2n[nH]c(CC3CSCCN3)n2)cc1. The molecule has 2 aromatic rings. The van der Waals surface area contributed by atoms with E-state index in [4.69, 9.17) is 0 Å². The maximum Gasteiger partial charge on any atom is 0.181 e. The zero-order valence-corrected chi connectivity index (χ0v) is 10.9. The van der Waals surface area contributed by atoms with E-state index in [2.05, 4.69) is 20.5 Å². The highest BCUT2D eigenvalue weighted by atomic mass is 32.2. The third kappa shape index (κ3) is 2.73. The molecule has 0 bridgehead atoms. The summed E-state index contributed by atoms with van der Waals surface area (Å²) in [6, 6.07) is 10.6. The molecule has 18 heavy (non-hydrogen) atoms. The van der Waals surface area contributed by atoms with Gasteiger partial charge in [0.2, 0.25) is 0 Å². The van der Waals surface area contributed by atoms with Gasteiger partial charge in [0.1, 0.15) is 5.82 Å². The maximum absolute atomic E-state index is 4.56. The van der Waals surface area contributed by atoms with Gasteiger partial charge in [-0.15, -0.1) is 0 Å². The first-order valence-electron chi connectivity index (χ1n) is 6.19. The van der Waals surface area contributed by atoms with Crippen LogP contribution in [0.5, 0.6) is 0 Å². The van der Waals surface area contributed by atoms with E-state index >= 15 is 0 Å². The second-order valence-electron chi connectivity index (χ2n) is 4.40. The van der Waals surface area contributed by atoms with Crippen LogP contribution in [0.1, 0.15) is 5.82 Å². The summed E-state index contributed by atoms with van der Waals surface area (Å²) in [6.07, 6.45) is 0.923. The van der Waals surface area contributed by atoms with E-state index in [0.29, 0.717) is 6.04 Å². The molecule has 1 aromatic carbocycles. The smallest absolute Gasteiger partial charge is 0.181 e. The number of hydrogen-bond donors (Lipinski definition) is 2. The summed E-state index contributed by atoms with van der Waals surface area (Å²) >= 11 is 2.00. The molecule has 1 atom stereocenters. The van der Waals surface area contributed by atoms with Crippen molar-refractivity contribution in [3.63, 3.8) is 0 Å². The average Bonchev–Trinajstić information content (AvgIpc) is 2.89. The number of rotatable bonds is 3. The molecular formula is C13H16N4S. The Hall–Kier alpha value is -1.33. The lowest BCUT2D eigenvalue weighted by Gasteiger charge is -2.21. The lowest BCUT2D eigenvalue weighted by molar-refractivity contribution is 0.551. The first kappa shape index (κ1) is 11.7. The Bertz CT molecular complexity index is 491. The number of aromatic nitrogens is 3. The molecule has 4 nitrogen and oxygen atoms in total. The third-order valence-corrected chi connectivity index (χ3v) is 4.13. The quantitative estimate of drug-likeness (QED) is 0.882. The summed E-state index contributed by atoms with van der Waals surface area (Å²) in [6.45, 7) is 1.09. The van der Waals surface area contributed by atoms with Crippen molar-refractivity contribution in [1.29, 1.82) is 0 Å². The van der Waals surface area contributed by atoms with Crippen LogP contribution in [0.2, 0.25) is 0 Å². The van der Waals surface area contributed by atoms with Crippen LogP contribution >= 0.6 is 11.8 Å². The van der Waals surface area contributed by atoms with E-state index in [-0.39, 0.29) is 0 Å². The number of aromatic amines is 1. The normalized spacial score (nSPS) is 19.9. The van der Waals surface area contributed by atoms with Gasteiger partial charge in [-0.05, 0) is 0 Å². The van der Waals surface area contributed by atoms with Crippen LogP contribution in [-0.4, -0.2) is 39.3 Å². The Morgan fingerprint density at radius 2 is 2.17 bits per heavy atom. The van der Waals surface area contributed by atoms with Crippen molar-refractivity contribution in [2.24, 2.45) is 0 Å². The number of benzene rings is 1. The van der Waals surface area contributed by atoms with Crippen molar-refractivity contribution in [1.82, 2.24) is 20.5 Å². The van der Waals surface area contributed by atoms with Gasteiger partial charge in [-0.3, -0.25) is 5.10 Å². The Balaban J connectivity index is 1.69. The van der Waals surface area contributed by atoms with Crippen LogP contribution in [0.3, 0.4) is 0 Å². The molecule has 0 radical (unpaired) electrons. The number of nitrogens with zero attached hydrogens (tertiary/aromatic N) is 2. The predicted octanol–water partition coefficient (Wildman–Crippen LogP) is 1.72. The molecule has 3 rings (SSSR count). The molecule has 1 unspecified atom stereocenters. The first-order valence-corrected chi connectivity index (χ1v) is 7.35. The predicted molar refractivity (Wildman–Crippen MR) is 74.6 cm³/mol. The second kappa shape index (κ2) is 5.54. The molecule has 0 aliphatic carbocycles. The molecule has 1 fully saturated rings. The molecule has 1 saturated heterocycles. The second-order valence-corrected chi connectivity index (χ2v) is 5.55. The van der Waals surface area contributed by atoms with Crippen LogP contribution < -0.4 is 5.32 Å². The molecular weight excluding hydrogens is 244 g/mol. The van der Waals surface area contributed by atoms with E-state index in [1.54, 1.807) is 0 Å². The molecule has 0 amide bonds. The van der Waals surface area contributed by atoms with Crippen molar-refractivity contribution in [2.75, 3.05) is 18.1 Å². The Morgan fingerprint density at radius 1 is 1.28 bits per heavy atom. The summed E-state index contributed by atoms with van der Waals surface area (Å²) < 4.78 is 0. The van der Waals surface area contributed by atoms with Crippen molar-refractivity contribution < 1.29 is 0 Å². The van der Waals surface area contributed by atoms with Crippen LogP contribution in [0, 0.1) is 0 Å². The van der Waals surface area contributed by atoms with Gasteiger partial charge in [0.25, 0.3) is 0 Å². The van der Waals surface area contributed by atoms with Gasteiger partial charge >= 0.3 is 0 Å². The van der Waals surface area contributed by atoms with Gasteiger partial charge in [-0.2, -0.15) is 16.9 Å². The van der Waals surface area contributed by atoms with E-state index in [0.717, 1.165) is 35.9 Å². The fraction of sp³-hybridized carbons (Fsp3) is 0.385. The molecule has 1 aromatic heterocycles. The molecule has 0 spiro atoms. The lowest BCUT2D eigenvalue weighted by atomic mass is 10.2. The van der Waals surface area contributed by atoms with E-state index in [9.17, 15) is 0 Å². The zero-order valence-electron chi connectivity index (χ0n) is 10.1. The third-order valence-electron chi connectivity index (χ3n) is 3.00. The molecule has 1 aliphatic heterocycles. The van der Waals surface area contributed by atoms with Crippen LogP contribution in [-0.2, 0) is 6.42 Å². The standard InChI is InChI=1S/C13H16N4S/c1-2-4-10(5-3-1)13-15-12(16-17-13)8-11-9-18-7-6-14-11/h1-5,11,14H,6-9H2,(H,15,16,17). The summed E-state index contributed by atoms with van der Waals surface area (Å²) in [7, 11) is 0. The summed E-state index contributed by atoms with van der Waals surface area (Å²) in [5.41, 5.74) is 1.06. The van der Waals surface area contributed by atoms with Gasteiger partial charge in [0.15, 0.2) is 5.82 Å². The summed E-state index contributed by atoms with van der Waals surface area (Å²) in [5.74, 6) is 4.12. The minimum atomic E-state index is 0.514. The summed E-state index contributed by atoms with van der Waals surface area (Å²) in [4.78, 5) is 4.56. The Morgan fingerprint density at radius 3 is 2.94 bits per heavy atom. The number of H-pyrrole nitrogens is 1. The van der Waals surface area contributed by atoms with Crippen molar-refractivity contribution in [3.05, 3.63) is 36.2 Å². The van der Waals surface area contributed by atoms with E-state index < -0.39 is 0 Å². The monoisotopic (exact) mass is 260 g/mol.